The Hall–Kier alpha value is -2.11. The quantitative estimate of drug-likeness (QED) is 0.927. The summed E-state index contributed by atoms with van der Waals surface area (Å²) in [6.45, 7) is 8.09. The SMILES string of the molecule is CC(=O)NC[C@@H]1CN(c2ccc(CC(C)(C)C)cc2F)C(=O)O1. The van der Waals surface area contributed by atoms with E-state index in [2.05, 4.69) is 26.1 Å². The van der Waals surface area contributed by atoms with Crippen molar-refractivity contribution in [3.63, 3.8) is 0 Å². The van der Waals surface area contributed by atoms with Crippen molar-refractivity contribution in [3.8, 4) is 0 Å². The molecule has 23 heavy (non-hydrogen) atoms. The molecular formula is C17H23FN2O3. The monoisotopic (exact) mass is 322 g/mol. The van der Waals surface area contributed by atoms with Crippen LogP contribution in [0, 0.1) is 11.2 Å². The third-order valence-electron chi connectivity index (χ3n) is 3.49. The van der Waals surface area contributed by atoms with Gasteiger partial charge in [0.1, 0.15) is 11.9 Å². The third kappa shape index (κ3) is 4.68. The van der Waals surface area contributed by atoms with Crippen LogP contribution in [-0.2, 0) is 16.0 Å². The fraction of sp³-hybridized carbons (Fsp3) is 0.529. The lowest BCUT2D eigenvalue weighted by atomic mass is 9.88. The van der Waals surface area contributed by atoms with E-state index in [9.17, 15) is 14.0 Å². The summed E-state index contributed by atoms with van der Waals surface area (Å²) in [7, 11) is 0. The van der Waals surface area contributed by atoms with Crippen LogP contribution in [0.5, 0.6) is 0 Å². The molecule has 0 saturated carbocycles. The lowest BCUT2D eigenvalue weighted by molar-refractivity contribution is -0.119. The summed E-state index contributed by atoms with van der Waals surface area (Å²) in [6.07, 6.45) is -0.317. The molecule has 5 nitrogen and oxygen atoms in total. The lowest BCUT2D eigenvalue weighted by Crippen LogP contribution is -2.33. The zero-order valence-corrected chi connectivity index (χ0v) is 14.0. The van der Waals surface area contributed by atoms with Crippen LogP contribution in [0.3, 0.4) is 0 Å². The van der Waals surface area contributed by atoms with Crippen LogP contribution in [-0.4, -0.2) is 31.2 Å². The molecule has 1 aliphatic rings. The Morgan fingerprint density at radius 1 is 1.43 bits per heavy atom. The van der Waals surface area contributed by atoms with Crippen molar-refractivity contribution < 1.29 is 18.7 Å². The van der Waals surface area contributed by atoms with Gasteiger partial charge in [-0.05, 0) is 29.5 Å². The van der Waals surface area contributed by atoms with E-state index < -0.39 is 18.0 Å². The molecule has 1 fully saturated rings. The first-order chi connectivity index (χ1) is 10.7. The van der Waals surface area contributed by atoms with Crippen molar-refractivity contribution >= 4 is 17.7 Å². The molecule has 0 bridgehead atoms. The van der Waals surface area contributed by atoms with Gasteiger partial charge in [-0.2, -0.15) is 0 Å². The van der Waals surface area contributed by atoms with Gasteiger partial charge in [0, 0.05) is 6.92 Å². The summed E-state index contributed by atoms with van der Waals surface area (Å²) in [5, 5.41) is 2.59. The van der Waals surface area contributed by atoms with E-state index in [1.165, 1.54) is 17.9 Å². The summed E-state index contributed by atoms with van der Waals surface area (Å²) in [6, 6.07) is 4.91. The minimum Gasteiger partial charge on any atom is -0.442 e. The Balaban J connectivity index is 2.09. The highest BCUT2D eigenvalue weighted by molar-refractivity contribution is 5.90. The van der Waals surface area contributed by atoms with Gasteiger partial charge in [-0.25, -0.2) is 9.18 Å². The van der Waals surface area contributed by atoms with E-state index in [0.717, 1.165) is 12.0 Å². The number of hydrogen-bond acceptors (Lipinski definition) is 3. The van der Waals surface area contributed by atoms with Crippen LogP contribution in [0.1, 0.15) is 33.3 Å². The Labute approximate surface area is 135 Å². The molecule has 0 spiro atoms. The van der Waals surface area contributed by atoms with Crippen molar-refractivity contribution in [2.75, 3.05) is 18.0 Å². The van der Waals surface area contributed by atoms with Crippen LogP contribution < -0.4 is 10.2 Å². The van der Waals surface area contributed by atoms with Gasteiger partial charge in [-0.15, -0.1) is 0 Å². The highest BCUT2D eigenvalue weighted by Crippen LogP contribution is 2.28. The van der Waals surface area contributed by atoms with E-state index >= 15 is 0 Å². The number of ether oxygens (including phenoxy) is 1. The normalized spacial score (nSPS) is 18.0. The predicted octanol–water partition coefficient (Wildman–Crippen LogP) is 2.88. The standard InChI is InChI=1S/C17H23FN2O3/c1-11(21)19-9-13-10-20(16(22)23-13)15-6-5-12(7-14(15)18)8-17(2,3)4/h5-7,13H,8-10H2,1-4H3,(H,19,21)/t13-/m1/s1. The Morgan fingerprint density at radius 3 is 2.70 bits per heavy atom. The van der Waals surface area contributed by atoms with Crippen LogP contribution in [0.25, 0.3) is 0 Å². The van der Waals surface area contributed by atoms with Crippen LogP contribution in [0.15, 0.2) is 18.2 Å². The average Bonchev–Trinajstić information content (AvgIpc) is 2.76. The molecule has 0 unspecified atom stereocenters. The van der Waals surface area contributed by atoms with Gasteiger partial charge in [0.2, 0.25) is 5.91 Å². The number of hydrogen-bond donors (Lipinski definition) is 1. The minimum atomic E-state index is -0.595. The molecule has 1 heterocycles. The topological polar surface area (TPSA) is 58.6 Å². The van der Waals surface area contributed by atoms with E-state index in [1.807, 2.05) is 6.07 Å². The number of anilines is 1. The zero-order chi connectivity index (χ0) is 17.2. The number of nitrogens with zero attached hydrogens (tertiary/aromatic N) is 1. The molecule has 0 radical (unpaired) electrons. The molecule has 2 amide bonds. The summed E-state index contributed by atoms with van der Waals surface area (Å²) >= 11 is 0. The Bertz CT molecular complexity index is 610. The molecule has 0 aliphatic carbocycles. The summed E-state index contributed by atoms with van der Waals surface area (Å²) in [5.74, 6) is -0.638. The van der Waals surface area contributed by atoms with E-state index in [4.69, 9.17) is 4.74 Å². The summed E-state index contributed by atoms with van der Waals surface area (Å²) in [4.78, 5) is 24.1. The number of halogens is 1. The lowest BCUT2D eigenvalue weighted by Gasteiger charge is -2.19. The number of benzene rings is 1. The maximum absolute atomic E-state index is 14.4. The Morgan fingerprint density at radius 2 is 2.13 bits per heavy atom. The van der Waals surface area contributed by atoms with Gasteiger partial charge in [0.05, 0.1) is 18.8 Å². The number of amides is 2. The first-order valence-corrected chi connectivity index (χ1v) is 7.67. The van der Waals surface area contributed by atoms with Gasteiger partial charge in [-0.1, -0.05) is 26.8 Å². The molecule has 1 saturated heterocycles. The molecule has 1 N–H and O–H groups in total. The van der Waals surface area contributed by atoms with Gasteiger partial charge in [0.25, 0.3) is 0 Å². The van der Waals surface area contributed by atoms with Gasteiger partial charge < -0.3 is 10.1 Å². The highest BCUT2D eigenvalue weighted by atomic mass is 19.1. The molecule has 2 rings (SSSR count). The van der Waals surface area contributed by atoms with Gasteiger partial charge in [-0.3, -0.25) is 9.69 Å². The van der Waals surface area contributed by atoms with E-state index in [1.54, 1.807) is 6.07 Å². The van der Waals surface area contributed by atoms with Crippen molar-refractivity contribution in [2.45, 2.75) is 40.2 Å². The Kier molecular flexibility index (Phi) is 4.92. The molecule has 1 aromatic rings. The molecular weight excluding hydrogens is 299 g/mol. The summed E-state index contributed by atoms with van der Waals surface area (Å²) in [5.41, 5.74) is 1.16. The zero-order valence-electron chi connectivity index (χ0n) is 14.0. The molecule has 1 atom stereocenters. The second kappa shape index (κ2) is 6.56. The minimum absolute atomic E-state index is 0.0595. The van der Waals surface area contributed by atoms with Crippen molar-refractivity contribution in [1.29, 1.82) is 0 Å². The van der Waals surface area contributed by atoms with E-state index in [0.29, 0.717) is 0 Å². The van der Waals surface area contributed by atoms with Crippen molar-refractivity contribution in [1.82, 2.24) is 5.32 Å². The number of rotatable bonds is 4. The summed E-state index contributed by atoms with van der Waals surface area (Å²) < 4.78 is 19.5. The maximum atomic E-state index is 14.4. The first-order valence-electron chi connectivity index (χ1n) is 7.67. The van der Waals surface area contributed by atoms with Crippen LogP contribution >= 0.6 is 0 Å². The molecule has 1 aromatic carbocycles. The van der Waals surface area contributed by atoms with Crippen molar-refractivity contribution in [2.24, 2.45) is 5.41 Å². The first kappa shape index (κ1) is 17.2. The number of carbonyl (C=O) groups excluding carboxylic acids is 2. The fourth-order valence-corrected chi connectivity index (χ4v) is 2.57. The molecule has 6 heteroatoms. The van der Waals surface area contributed by atoms with Crippen LogP contribution in [0.4, 0.5) is 14.9 Å². The maximum Gasteiger partial charge on any atom is 0.414 e. The van der Waals surface area contributed by atoms with Crippen molar-refractivity contribution in [3.05, 3.63) is 29.6 Å². The second-order valence-corrected chi connectivity index (χ2v) is 7.08. The largest absolute Gasteiger partial charge is 0.442 e. The second-order valence-electron chi connectivity index (χ2n) is 7.08. The molecule has 126 valence electrons. The highest BCUT2D eigenvalue weighted by Gasteiger charge is 2.33. The number of carbonyl (C=O) groups is 2. The van der Waals surface area contributed by atoms with Crippen LogP contribution in [0.2, 0.25) is 0 Å². The number of cyclic esters (lactones) is 1. The third-order valence-corrected chi connectivity index (χ3v) is 3.49. The predicted molar refractivity (Wildman–Crippen MR) is 85.9 cm³/mol. The van der Waals surface area contributed by atoms with E-state index in [-0.39, 0.29) is 30.1 Å². The van der Waals surface area contributed by atoms with Gasteiger partial charge >= 0.3 is 6.09 Å². The fourth-order valence-electron chi connectivity index (χ4n) is 2.57. The smallest absolute Gasteiger partial charge is 0.414 e. The molecule has 0 aromatic heterocycles. The average molecular weight is 322 g/mol. The van der Waals surface area contributed by atoms with Gasteiger partial charge in [0.15, 0.2) is 0 Å². The molecule has 1 aliphatic heterocycles. The number of nitrogens with one attached hydrogen (secondary N) is 1.